The third-order valence-electron chi connectivity index (χ3n) is 2.58. The predicted molar refractivity (Wildman–Crippen MR) is 60.2 cm³/mol. The monoisotopic (exact) mass is 226 g/mol. The van der Waals surface area contributed by atoms with Crippen molar-refractivity contribution >= 4 is 12.0 Å². The molecule has 1 atom stereocenters. The van der Waals surface area contributed by atoms with Crippen molar-refractivity contribution in [1.82, 2.24) is 10.2 Å². The lowest BCUT2D eigenvalue weighted by Gasteiger charge is -2.23. The smallest absolute Gasteiger partial charge is 0.326 e. The van der Waals surface area contributed by atoms with Gasteiger partial charge in [-0.25, -0.2) is 9.59 Å². The molecule has 1 aliphatic carbocycles. The number of carboxylic acid groups (broad SMARTS) is 1. The van der Waals surface area contributed by atoms with E-state index in [4.69, 9.17) is 5.11 Å². The SMILES string of the molecule is C=CCN(C(=O)N[C@H](CC)C(=O)O)C1CC1. The van der Waals surface area contributed by atoms with Crippen LogP contribution >= 0.6 is 0 Å². The average Bonchev–Trinajstić information content (AvgIpc) is 3.05. The molecule has 5 heteroatoms. The largest absolute Gasteiger partial charge is 0.480 e. The number of nitrogens with zero attached hydrogens (tertiary/aromatic N) is 1. The maximum absolute atomic E-state index is 11.8. The van der Waals surface area contributed by atoms with Crippen molar-refractivity contribution in [2.24, 2.45) is 0 Å². The van der Waals surface area contributed by atoms with E-state index in [-0.39, 0.29) is 12.1 Å². The van der Waals surface area contributed by atoms with Gasteiger partial charge in [0.15, 0.2) is 0 Å². The molecule has 2 amide bonds. The standard InChI is InChI=1S/C11H18N2O3/c1-3-7-13(8-5-6-8)11(16)12-9(4-2)10(14)15/h3,8-9H,1,4-7H2,2H3,(H,12,16)(H,14,15)/t9-/m1/s1. The number of aliphatic carboxylic acids is 1. The van der Waals surface area contributed by atoms with E-state index in [0.717, 1.165) is 12.8 Å². The molecule has 0 aromatic heterocycles. The minimum absolute atomic E-state index is 0.254. The van der Waals surface area contributed by atoms with Gasteiger partial charge in [-0.3, -0.25) is 0 Å². The number of nitrogens with one attached hydrogen (secondary N) is 1. The van der Waals surface area contributed by atoms with Gasteiger partial charge in [0.2, 0.25) is 0 Å². The number of carbonyl (C=O) groups is 2. The first-order valence-electron chi connectivity index (χ1n) is 5.51. The van der Waals surface area contributed by atoms with E-state index in [1.165, 1.54) is 0 Å². The summed E-state index contributed by atoms with van der Waals surface area (Å²) in [7, 11) is 0. The summed E-state index contributed by atoms with van der Waals surface area (Å²) in [6.07, 6.45) is 4.02. The van der Waals surface area contributed by atoms with Crippen LogP contribution in [0.25, 0.3) is 0 Å². The highest BCUT2D eigenvalue weighted by atomic mass is 16.4. The summed E-state index contributed by atoms with van der Waals surface area (Å²) < 4.78 is 0. The summed E-state index contributed by atoms with van der Waals surface area (Å²) in [5.41, 5.74) is 0. The van der Waals surface area contributed by atoms with Gasteiger partial charge in [0.05, 0.1) is 0 Å². The van der Waals surface area contributed by atoms with Gasteiger partial charge in [0.1, 0.15) is 6.04 Å². The van der Waals surface area contributed by atoms with Crippen LogP contribution in [0.5, 0.6) is 0 Å². The molecule has 90 valence electrons. The Labute approximate surface area is 95.1 Å². The summed E-state index contributed by atoms with van der Waals surface area (Å²) in [5, 5.41) is 11.3. The van der Waals surface area contributed by atoms with Gasteiger partial charge in [-0.05, 0) is 19.3 Å². The van der Waals surface area contributed by atoms with E-state index in [1.54, 1.807) is 17.9 Å². The minimum Gasteiger partial charge on any atom is -0.480 e. The summed E-state index contributed by atoms with van der Waals surface area (Å²) in [6, 6.07) is -0.862. The van der Waals surface area contributed by atoms with Gasteiger partial charge >= 0.3 is 12.0 Å². The minimum atomic E-state index is -0.995. The summed E-state index contributed by atoms with van der Waals surface area (Å²) in [4.78, 5) is 24.2. The fraction of sp³-hybridized carbons (Fsp3) is 0.636. The Morgan fingerprint density at radius 2 is 2.25 bits per heavy atom. The van der Waals surface area contributed by atoms with Crippen LogP contribution in [0.4, 0.5) is 4.79 Å². The molecule has 0 bridgehead atoms. The molecule has 0 aromatic carbocycles. The number of amides is 2. The molecular formula is C11H18N2O3. The molecule has 0 radical (unpaired) electrons. The van der Waals surface area contributed by atoms with Gasteiger partial charge in [-0.2, -0.15) is 0 Å². The van der Waals surface area contributed by atoms with Crippen LogP contribution in [0, 0.1) is 0 Å². The van der Waals surface area contributed by atoms with Crippen molar-refractivity contribution in [2.45, 2.75) is 38.3 Å². The van der Waals surface area contributed by atoms with Crippen molar-refractivity contribution in [3.05, 3.63) is 12.7 Å². The topological polar surface area (TPSA) is 69.6 Å². The van der Waals surface area contributed by atoms with Crippen molar-refractivity contribution in [2.75, 3.05) is 6.54 Å². The molecule has 5 nitrogen and oxygen atoms in total. The number of carbonyl (C=O) groups excluding carboxylic acids is 1. The van der Waals surface area contributed by atoms with E-state index >= 15 is 0 Å². The molecule has 16 heavy (non-hydrogen) atoms. The van der Waals surface area contributed by atoms with Gasteiger partial charge < -0.3 is 15.3 Å². The van der Waals surface area contributed by atoms with Gasteiger partial charge in [0.25, 0.3) is 0 Å². The van der Waals surface area contributed by atoms with E-state index in [1.807, 2.05) is 0 Å². The Bertz CT molecular complexity index is 287. The summed E-state index contributed by atoms with van der Waals surface area (Å²) in [6.45, 7) is 5.78. The van der Waals surface area contributed by atoms with Crippen LogP contribution in [0.1, 0.15) is 26.2 Å². The molecule has 0 aromatic rings. The van der Waals surface area contributed by atoms with Gasteiger partial charge in [0, 0.05) is 12.6 Å². The highest BCUT2D eigenvalue weighted by molar-refractivity contribution is 5.82. The zero-order valence-electron chi connectivity index (χ0n) is 9.48. The molecule has 1 saturated carbocycles. The lowest BCUT2D eigenvalue weighted by atomic mass is 10.2. The van der Waals surface area contributed by atoms with Crippen molar-refractivity contribution in [3.8, 4) is 0 Å². The molecule has 2 N–H and O–H groups in total. The molecule has 0 spiro atoms. The Hall–Kier alpha value is -1.52. The molecule has 0 aliphatic heterocycles. The van der Waals surface area contributed by atoms with Crippen molar-refractivity contribution in [1.29, 1.82) is 0 Å². The van der Waals surface area contributed by atoms with Crippen LogP contribution in [-0.4, -0.2) is 40.6 Å². The average molecular weight is 226 g/mol. The highest BCUT2D eigenvalue weighted by Crippen LogP contribution is 2.26. The fourth-order valence-electron chi connectivity index (χ4n) is 1.49. The number of hydrogen-bond donors (Lipinski definition) is 2. The first-order valence-corrected chi connectivity index (χ1v) is 5.51. The van der Waals surface area contributed by atoms with E-state index < -0.39 is 12.0 Å². The Morgan fingerprint density at radius 3 is 2.62 bits per heavy atom. The van der Waals surface area contributed by atoms with Gasteiger partial charge in [-0.15, -0.1) is 6.58 Å². The van der Waals surface area contributed by atoms with Crippen LogP contribution in [0.2, 0.25) is 0 Å². The molecular weight excluding hydrogens is 208 g/mol. The third kappa shape index (κ3) is 3.25. The number of rotatable bonds is 6. The second-order valence-electron chi connectivity index (χ2n) is 3.92. The zero-order valence-corrected chi connectivity index (χ0v) is 9.48. The van der Waals surface area contributed by atoms with E-state index in [9.17, 15) is 9.59 Å². The number of urea groups is 1. The molecule has 1 rings (SSSR count). The second-order valence-corrected chi connectivity index (χ2v) is 3.92. The van der Waals surface area contributed by atoms with E-state index in [2.05, 4.69) is 11.9 Å². The molecule has 1 fully saturated rings. The van der Waals surface area contributed by atoms with Crippen LogP contribution < -0.4 is 5.32 Å². The summed E-state index contributed by atoms with van der Waals surface area (Å²) in [5.74, 6) is -0.995. The highest BCUT2D eigenvalue weighted by Gasteiger charge is 2.33. The summed E-state index contributed by atoms with van der Waals surface area (Å²) >= 11 is 0. The number of carboxylic acids is 1. The fourth-order valence-corrected chi connectivity index (χ4v) is 1.49. The van der Waals surface area contributed by atoms with Crippen molar-refractivity contribution in [3.63, 3.8) is 0 Å². The third-order valence-corrected chi connectivity index (χ3v) is 2.58. The maximum atomic E-state index is 11.8. The molecule has 0 heterocycles. The van der Waals surface area contributed by atoms with Crippen LogP contribution in [0.3, 0.4) is 0 Å². The molecule has 0 unspecified atom stereocenters. The van der Waals surface area contributed by atoms with Crippen molar-refractivity contribution < 1.29 is 14.7 Å². The molecule has 1 aliphatic rings. The zero-order chi connectivity index (χ0) is 12.1. The van der Waals surface area contributed by atoms with Crippen LogP contribution in [0.15, 0.2) is 12.7 Å². The number of hydrogen-bond acceptors (Lipinski definition) is 2. The van der Waals surface area contributed by atoms with Crippen LogP contribution in [-0.2, 0) is 4.79 Å². The maximum Gasteiger partial charge on any atom is 0.326 e. The Balaban J connectivity index is 2.53. The van der Waals surface area contributed by atoms with E-state index in [0.29, 0.717) is 13.0 Å². The lowest BCUT2D eigenvalue weighted by molar-refractivity contribution is -0.139. The normalized spacial score (nSPS) is 16.3. The Kier molecular flexibility index (Phi) is 4.34. The lowest BCUT2D eigenvalue weighted by Crippen LogP contribution is -2.48. The first-order chi connectivity index (χ1) is 7.60. The first kappa shape index (κ1) is 12.5. The quantitative estimate of drug-likeness (QED) is 0.669. The Morgan fingerprint density at radius 1 is 1.62 bits per heavy atom. The second kappa shape index (κ2) is 5.53. The predicted octanol–water partition coefficient (Wildman–Crippen LogP) is 1.21. The van der Waals surface area contributed by atoms with Gasteiger partial charge in [-0.1, -0.05) is 13.0 Å². The molecule has 0 saturated heterocycles.